The summed E-state index contributed by atoms with van der Waals surface area (Å²) in [7, 11) is 0. The summed E-state index contributed by atoms with van der Waals surface area (Å²) in [6, 6.07) is 11.8. The van der Waals surface area contributed by atoms with Gasteiger partial charge in [0.15, 0.2) is 0 Å². The third-order valence-electron chi connectivity index (χ3n) is 5.85. The second kappa shape index (κ2) is 8.82. The van der Waals surface area contributed by atoms with Crippen LogP contribution < -0.4 is 16.8 Å². The predicted molar refractivity (Wildman–Crippen MR) is 122 cm³/mol. The number of anilines is 2. The Labute approximate surface area is 185 Å². The van der Waals surface area contributed by atoms with Crippen molar-refractivity contribution in [3.05, 3.63) is 65.0 Å². The molecule has 1 heterocycles. The van der Waals surface area contributed by atoms with Crippen LogP contribution in [0.4, 0.5) is 15.9 Å². The molecule has 0 bridgehead atoms. The third-order valence-corrected chi connectivity index (χ3v) is 5.85. The van der Waals surface area contributed by atoms with E-state index in [-0.39, 0.29) is 29.6 Å². The lowest BCUT2D eigenvalue weighted by molar-refractivity contribution is -0.115. The fourth-order valence-corrected chi connectivity index (χ4v) is 4.21. The van der Waals surface area contributed by atoms with Gasteiger partial charge in [0.05, 0.1) is 18.2 Å². The molecule has 0 spiro atoms. The van der Waals surface area contributed by atoms with Crippen molar-refractivity contribution in [3.8, 4) is 11.3 Å². The molecule has 1 saturated carbocycles. The molecule has 3 aromatic rings. The van der Waals surface area contributed by atoms with Gasteiger partial charge >= 0.3 is 0 Å². The molecule has 0 unspecified atom stereocenters. The zero-order valence-corrected chi connectivity index (χ0v) is 17.9. The molecule has 2 amide bonds. The molecular formula is C24H26FN5O2. The SMILES string of the molecule is Cc1ccc(F)c(NC(=O)Cc2ccc(-c3nn(C4CCCC4)c(N)c3C(N)=O)cc2)c1. The van der Waals surface area contributed by atoms with Crippen molar-refractivity contribution >= 4 is 23.3 Å². The Bertz CT molecular complexity index is 1160. The smallest absolute Gasteiger partial charge is 0.254 e. The Hall–Kier alpha value is -3.68. The van der Waals surface area contributed by atoms with Crippen molar-refractivity contribution in [1.82, 2.24) is 9.78 Å². The standard InChI is InChI=1S/C24H26FN5O2/c1-14-6-11-18(25)19(12-14)28-20(31)13-15-7-9-16(10-8-15)22-21(24(27)32)23(26)30(29-22)17-4-2-3-5-17/h6-12,17H,2-5,13,26H2,1H3,(H2,27,32)(H,28,31). The quantitative estimate of drug-likeness (QED) is 0.543. The maximum atomic E-state index is 13.9. The summed E-state index contributed by atoms with van der Waals surface area (Å²) >= 11 is 0. The molecular weight excluding hydrogens is 409 g/mol. The summed E-state index contributed by atoms with van der Waals surface area (Å²) in [5.41, 5.74) is 14.9. The summed E-state index contributed by atoms with van der Waals surface area (Å²) in [5, 5.41) is 7.22. The largest absolute Gasteiger partial charge is 0.383 e. The highest BCUT2D eigenvalue weighted by atomic mass is 19.1. The third kappa shape index (κ3) is 4.34. The predicted octanol–water partition coefficient (Wildman–Crippen LogP) is 3.98. The number of carbonyl (C=O) groups excluding carboxylic acids is 2. The van der Waals surface area contributed by atoms with Gasteiger partial charge in [-0.2, -0.15) is 5.10 Å². The molecule has 4 rings (SSSR count). The molecule has 2 aromatic carbocycles. The van der Waals surface area contributed by atoms with Crippen molar-refractivity contribution in [3.63, 3.8) is 0 Å². The second-order valence-corrected chi connectivity index (χ2v) is 8.26. The van der Waals surface area contributed by atoms with Gasteiger partial charge in [-0.1, -0.05) is 43.2 Å². The molecule has 1 aliphatic carbocycles. The number of nitrogens with zero attached hydrogens (tertiary/aromatic N) is 2. The molecule has 0 aliphatic heterocycles. The molecule has 0 atom stereocenters. The van der Waals surface area contributed by atoms with E-state index in [1.54, 1.807) is 41.1 Å². The number of aryl methyl sites for hydroxylation is 1. The summed E-state index contributed by atoms with van der Waals surface area (Å²) in [6.45, 7) is 1.83. The van der Waals surface area contributed by atoms with Crippen molar-refractivity contribution in [2.45, 2.75) is 45.1 Å². The van der Waals surface area contributed by atoms with Crippen LogP contribution in [-0.2, 0) is 11.2 Å². The number of hydrogen-bond acceptors (Lipinski definition) is 4. The first kappa shape index (κ1) is 21.5. The van der Waals surface area contributed by atoms with Crippen LogP contribution in [0.3, 0.4) is 0 Å². The summed E-state index contributed by atoms with van der Waals surface area (Å²) < 4.78 is 15.6. The number of nitrogens with two attached hydrogens (primary N) is 2. The van der Waals surface area contributed by atoms with Crippen LogP contribution in [0.2, 0.25) is 0 Å². The highest BCUT2D eigenvalue weighted by Crippen LogP contribution is 2.35. The van der Waals surface area contributed by atoms with Crippen LogP contribution in [0, 0.1) is 12.7 Å². The van der Waals surface area contributed by atoms with Gasteiger partial charge in [-0.25, -0.2) is 9.07 Å². The van der Waals surface area contributed by atoms with Crippen LogP contribution in [0.1, 0.15) is 53.2 Å². The number of nitrogen functional groups attached to an aromatic ring is 1. The van der Waals surface area contributed by atoms with Crippen LogP contribution in [0.15, 0.2) is 42.5 Å². The van der Waals surface area contributed by atoms with Crippen LogP contribution in [0.5, 0.6) is 0 Å². The number of aromatic nitrogens is 2. The molecule has 0 radical (unpaired) electrons. The minimum atomic E-state index is -0.620. The first-order chi connectivity index (χ1) is 15.3. The van der Waals surface area contributed by atoms with Gasteiger partial charge in [0.1, 0.15) is 22.9 Å². The normalized spacial score (nSPS) is 13.9. The van der Waals surface area contributed by atoms with E-state index in [0.29, 0.717) is 17.1 Å². The molecule has 1 aromatic heterocycles. The molecule has 1 aliphatic rings. The lowest BCUT2D eigenvalue weighted by Crippen LogP contribution is -2.16. The van der Waals surface area contributed by atoms with Gasteiger partial charge in [0, 0.05) is 5.56 Å². The second-order valence-electron chi connectivity index (χ2n) is 8.26. The first-order valence-electron chi connectivity index (χ1n) is 10.7. The lowest BCUT2D eigenvalue weighted by Gasteiger charge is -2.11. The Morgan fingerprint density at radius 3 is 2.50 bits per heavy atom. The van der Waals surface area contributed by atoms with E-state index in [2.05, 4.69) is 10.4 Å². The van der Waals surface area contributed by atoms with Gasteiger partial charge in [-0.3, -0.25) is 9.59 Å². The molecule has 0 saturated heterocycles. The maximum Gasteiger partial charge on any atom is 0.254 e. The van der Waals surface area contributed by atoms with E-state index in [1.807, 2.05) is 6.92 Å². The lowest BCUT2D eigenvalue weighted by atomic mass is 10.0. The van der Waals surface area contributed by atoms with Crippen molar-refractivity contribution in [1.29, 1.82) is 0 Å². The molecule has 1 fully saturated rings. The Morgan fingerprint density at radius 1 is 1.16 bits per heavy atom. The number of rotatable bonds is 6. The number of amides is 2. The zero-order chi connectivity index (χ0) is 22.8. The van der Waals surface area contributed by atoms with E-state index in [1.165, 1.54) is 6.07 Å². The minimum Gasteiger partial charge on any atom is -0.383 e. The number of halogens is 1. The van der Waals surface area contributed by atoms with Crippen molar-refractivity contribution < 1.29 is 14.0 Å². The fourth-order valence-electron chi connectivity index (χ4n) is 4.21. The number of nitrogens with one attached hydrogen (secondary N) is 1. The molecule has 166 valence electrons. The summed E-state index contributed by atoms with van der Waals surface area (Å²) in [4.78, 5) is 24.5. The van der Waals surface area contributed by atoms with E-state index in [0.717, 1.165) is 36.8 Å². The van der Waals surface area contributed by atoms with E-state index in [9.17, 15) is 14.0 Å². The monoisotopic (exact) mass is 435 g/mol. The maximum absolute atomic E-state index is 13.9. The van der Waals surface area contributed by atoms with Crippen molar-refractivity contribution in [2.75, 3.05) is 11.1 Å². The Kier molecular flexibility index (Phi) is 5.94. The van der Waals surface area contributed by atoms with Gasteiger partial charge in [0.2, 0.25) is 5.91 Å². The van der Waals surface area contributed by atoms with Crippen LogP contribution in [0.25, 0.3) is 11.3 Å². The van der Waals surface area contributed by atoms with Gasteiger partial charge in [-0.05, 0) is 43.0 Å². The Morgan fingerprint density at radius 2 is 1.84 bits per heavy atom. The van der Waals surface area contributed by atoms with E-state index in [4.69, 9.17) is 11.5 Å². The molecule has 32 heavy (non-hydrogen) atoms. The van der Waals surface area contributed by atoms with Crippen molar-refractivity contribution in [2.24, 2.45) is 5.73 Å². The molecule has 8 heteroatoms. The van der Waals surface area contributed by atoms with E-state index < -0.39 is 11.7 Å². The molecule has 7 nitrogen and oxygen atoms in total. The molecule has 5 N–H and O–H groups in total. The highest BCUT2D eigenvalue weighted by molar-refractivity contribution is 6.03. The topological polar surface area (TPSA) is 116 Å². The summed E-state index contributed by atoms with van der Waals surface area (Å²) in [6.07, 6.45) is 4.23. The fraction of sp³-hybridized carbons (Fsp3) is 0.292. The average Bonchev–Trinajstić information content (AvgIpc) is 3.39. The van der Waals surface area contributed by atoms with Gasteiger partial charge in [-0.15, -0.1) is 0 Å². The van der Waals surface area contributed by atoms with Gasteiger partial charge in [0.25, 0.3) is 5.91 Å². The number of primary amides is 1. The number of benzene rings is 2. The van der Waals surface area contributed by atoms with E-state index >= 15 is 0 Å². The number of hydrogen-bond donors (Lipinski definition) is 3. The summed E-state index contributed by atoms with van der Waals surface area (Å²) in [5.74, 6) is -1.13. The van der Waals surface area contributed by atoms with Crippen LogP contribution in [-0.4, -0.2) is 21.6 Å². The van der Waals surface area contributed by atoms with Crippen LogP contribution >= 0.6 is 0 Å². The average molecular weight is 436 g/mol. The Balaban J connectivity index is 1.53. The highest BCUT2D eigenvalue weighted by Gasteiger charge is 2.27. The number of carbonyl (C=O) groups is 2. The first-order valence-corrected chi connectivity index (χ1v) is 10.7. The van der Waals surface area contributed by atoms with Gasteiger partial charge < -0.3 is 16.8 Å². The zero-order valence-electron chi connectivity index (χ0n) is 17.9. The minimum absolute atomic E-state index is 0.0784.